The molecular weight excluding hydrogens is 273 g/mol. The number of halogens is 2. The topological polar surface area (TPSA) is 3.24 Å². The molecule has 88 valence electrons. The number of nitrogens with zero attached hydrogens (tertiary/aromatic N) is 1. The molecule has 15 heavy (non-hydrogen) atoms. The van der Waals surface area contributed by atoms with Gasteiger partial charge >= 0.3 is 0 Å². The van der Waals surface area contributed by atoms with E-state index in [0.717, 1.165) is 13.1 Å². The summed E-state index contributed by atoms with van der Waals surface area (Å²) in [7, 11) is 0. The second kappa shape index (κ2) is 5.70. The maximum absolute atomic E-state index is 5.71. The SMILES string of the molecule is C/C(=C\Cl)CN1CCC(Br)CC(C)(C)C1. The average molecular weight is 295 g/mol. The van der Waals surface area contributed by atoms with Crippen molar-refractivity contribution in [3.05, 3.63) is 11.1 Å². The smallest absolute Gasteiger partial charge is 0.0202 e. The highest BCUT2D eigenvalue weighted by molar-refractivity contribution is 9.09. The normalized spacial score (nSPS) is 28.9. The molecule has 1 atom stereocenters. The van der Waals surface area contributed by atoms with Crippen LogP contribution in [0.3, 0.4) is 0 Å². The standard InChI is InChI=1S/C12H21BrClN/c1-10(7-14)8-15-5-4-11(13)6-12(2,3)9-15/h7,11H,4-6,8-9H2,1-3H3/b10-7+. The molecule has 1 heterocycles. The fraction of sp³-hybridized carbons (Fsp3) is 0.833. The Morgan fingerprint density at radius 2 is 2.27 bits per heavy atom. The highest BCUT2D eigenvalue weighted by atomic mass is 79.9. The summed E-state index contributed by atoms with van der Waals surface area (Å²) in [6.07, 6.45) is 2.49. The zero-order chi connectivity index (χ0) is 11.5. The molecule has 0 radical (unpaired) electrons. The highest BCUT2D eigenvalue weighted by Gasteiger charge is 2.28. The molecule has 0 amide bonds. The van der Waals surface area contributed by atoms with Crippen LogP contribution in [-0.2, 0) is 0 Å². The summed E-state index contributed by atoms with van der Waals surface area (Å²) in [6.45, 7) is 10.1. The second-order valence-electron chi connectivity index (χ2n) is 5.42. The Morgan fingerprint density at radius 3 is 2.87 bits per heavy atom. The largest absolute Gasteiger partial charge is 0.299 e. The Labute approximate surface area is 107 Å². The lowest BCUT2D eigenvalue weighted by Gasteiger charge is -2.29. The summed E-state index contributed by atoms with van der Waals surface area (Å²) in [5.74, 6) is 0. The van der Waals surface area contributed by atoms with Crippen molar-refractivity contribution in [3.63, 3.8) is 0 Å². The van der Waals surface area contributed by atoms with Gasteiger partial charge in [-0.25, -0.2) is 0 Å². The van der Waals surface area contributed by atoms with Crippen LogP contribution in [0.25, 0.3) is 0 Å². The fourth-order valence-corrected chi connectivity index (χ4v) is 3.45. The minimum absolute atomic E-state index is 0.400. The second-order valence-corrected chi connectivity index (χ2v) is 6.93. The summed E-state index contributed by atoms with van der Waals surface area (Å²) >= 11 is 9.47. The minimum Gasteiger partial charge on any atom is -0.299 e. The predicted molar refractivity (Wildman–Crippen MR) is 71.8 cm³/mol. The number of hydrogen-bond acceptors (Lipinski definition) is 1. The minimum atomic E-state index is 0.400. The van der Waals surface area contributed by atoms with Crippen molar-refractivity contribution in [2.24, 2.45) is 5.41 Å². The molecule has 1 aliphatic rings. The van der Waals surface area contributed by atoms with Gasteiger partial charge in [-0.3, -0.25) is 4.90 Å². The van der Waals surface area contributed by atoms with E-state index in [1.54, 1.807) is 5.54 Å². The van der Waals surface area contributed by atoms with Crippen LogP contribution in [-0.4, -0.2) is 29.4 Å². The molecule has 3 heteroatoms. The Kier molecular flexibility index (Phi) is 5.14. The number of rotatable bonds is 2. The van der Waals surface area contributed by atoms with Crippen LogP contribution in [0.4, 0.5) is 0 Å². The van der Waals surface area contributed by atoms with Gasteiger partial charge in [0.15, 0.2) is 0 Å². The van der Waals surface area contributed by atoms with Gasteiger partial charge < -0.3 is 0 Å². The van der Waals surface area contributed by atoms with E-state index >= 15 is 0 Å². The van der Waals surface area contributed by atoms with Crippen LogP contribution in [0.2, 0.25) is 0 Å². The maximum Gasteiger partial charge on any atom is 0.0202 e. The molecule has 0 N–H and O–H groups in total. The van der Waals surface area contributed by atoms with Gasteiger partial charge in [0.05, 0.1) is 0 Å². The lowest BCUT2D eigenvalue weighted by Crippen LogP contribution is -2.33. The molecule has 1 unspecified atom stereocenters. The first-order valence-electron chi connectivity index (χ1n) is 5.55. The third-order valence-corrected chi connectivity index (χ3v) is 4.00. The first kappa shape index (κ1) is 13.5. The Balaban J connectivity index is 2.59. The lowest BCUT2D eigenvalue weighted by atomic mass is 9.88. The zero-order valence-electron chi connectivity index (χ0n) is 9.89. The third kappa shape index (κ3) is 4.88. The molecule has 0 aromatic carbocycles. The van der Waals surface area contributed by atoms with Crippen LogP contribution in [0, 0.1) is 5.41 Å². The summed E-state index contributed by atoms with van der Waals surface area (Å²) in [4.78, 5) is 3.17. The van der Waals surface area contributed by atoms with E-state index in [1.807, 2.05) is 0 Å². The van der Waals surface area contributed by atoms with Gasteiger partial charge in [0.2, 0.25) is 0 Å². The van der Waals surface area contributed by atoms with Crippen molar-refractivity contribution < 1.29 is 0 Å². The van der Waals surface area contributed by atoms with E-state index in [-0.39, 0.29) is 0 Å². The molecule has 1 rings (SSSR count). The summed E-state index contributed by atoms with van der Waals surface area (Å²) in [6, 6.07) is 0. The molecule has 0 aliphatic carbocycles. The van der Waals surface area contributed by atoms with Gasteiger partial charge in [-0.05, 0) is 37.3 Å². The van der Waals surface area contributed by atoms with Crippen LogP contribution in [0.15, 0.2) is 11.1 Å². The third-order valence-electron chi connectivity index (χ3n) is 2.84. The van der Waals surface area contributed by atoms with Crippen LogP contribution < -0.4 is 0 Å². The molecule has 1 nitrogen and oxygen atoms in total. The van der Waals surface area contributed by atoms with Crippen molar-refractivity contribution in [2.75, 3.05) is 19.6 Å². The highest BCUT2D eigenvalue weighted by Crippen LogP contribution is 2.31. The Bertz CT molecular complexity index is 238. The Morgan fingerprint density at radius 1 is 1.60 bits per heavy atom. The van der Waals surface area contributed by atoms with Crippen molar-refractivity contribution in [1.29, 1.82) is 0 Å². The number of hydrogen-bond donors (Lipinski definition) is 0. The van der Waals surface area contributed by atoms with Crippen molar-refractivity contribution in [1.82, 2.24) is 4.90 Å². The zero-order valence-corrected chi connectivity index (χ0v) is 12.2. The van der Waals surface area contributed by atoms with Gasteiger partial charge in [0.1, 0.15) is 0 Å². The predicted octanol–water partition coefficient (Wildman–Crippen LogP) is 4.01. The van der Waals surface area contributed by atoms with E-state index in [9.17, 15) is 0 Å². The fourth-order valence-electron chi connectivity index (χ4n) is 2.30. The van der Waals surface area contributed by atoms with Crippen LogP contribution in [0.1, 0.15) is 33.6 Å². The molecule has 0 spiro atoms. The van der Waals surface area contributed by atoms with Crippen molar-refractivity contribution in [3.8, 4) is 0 Å². The average Bonchev–Trinajstić information content (AvgIpc) is 2.23. The molecule has 1 saturated heterocycles. The molecule has 0 aromatic heterocycles. The molecule has 0 saturated carbocycles. The molecule has 1 fully saturated rings. The van der Waals surface area contributed by atoms with E-state index in [1.165, 1.54) is 25.0 Å². The quantitative estimate of drug-likeness (QED) is 0.696. The molecule has 0 bridgehead atoms. The molecule has 1 aliphatic heterocycles. The van der Waals surface area contributed by atoms with Crippen molar-refractivity contribution in [2.45, 2.75) is 38.4 Å². The van der Waals surface area contributed by atoms with E-state index < -0.39 is 0 Å². The van der Waals surface area contributed by atoms with E-state index in [2.05, 4.69) is 41.6 Å². The van der Waals surface area contributed by atoms with Gasteiger partial charge in [-0.1, -0.05) is 41.4 Å². The van der Waals surface area contributed by atoms with Gasteiger partial charge in [-0.15, -0.1) is 0 Å². The lowest BCUT2D eigenvalue weighted by molar-refractivity contribution is 0.208. The first-order valence-corrected chi connectivity index (χ1v) is 6.90. The first-order chi connectivity index (χ1) is 6.93. The molecule has 0 aromatic rings. The maximum atomic E-state index is 5.71. The number of likely N-dealkylation sites (tertiary alicyclic amines) is 1. The van der Waals surface area contributed by atoms with E-state index in [4.69, 9.17) is 11.6 Å². The summed E-state index contributed by atoms with van der Waals surface area (Å²) in [5, 5.41) is 0. The Hall–Kier alpha value is 0.470. The van der Waals surface area contributed by atoms with Gasteiger partial charge in [-0.2, -0.15) is 0 Å². The van der Waals surface area contributed by atoms with E-state index in [0.29, 0.717) is 10.2 Å². The monoisotopic (exact) mass is 293 g/mol. The van der Waals surface area contributed by atoms with Crippen molar-refractivity contribution >= 4 is 27.5 Å². The van der Waals surface area contributed by atoms with Crippen LogP contribution >= 0.6 is 27.5 Å². The van der Waals surface area contributed by atoms with Gasteiger partial charge in [0.25, 0.3) is 0 Å². The van der Waals surface area contributed by atoms with Crippen LogP contribution in [0.5, 0.6) is 0 Å². The molecular formula is C12H21BrClN. The number of alkyl halides is 1. The summed E-state index contributed by atoms with van der Waals surface area (Å²) in [5.41, 5.74) is 3.35. The summed E-state index contributed by atoms with van der Waals surface area (Å²) < 4.78 is 0. The van der Waals surface area contributed by atoms with Gasteiger partial charge in [0, 0.05) is 23.5 Å².